The Kier molecular flexibility index (Phi) is 3.57. The van der Waals surface area contributed by atoms with E-state index in [2.05, 4.69) is 11.8 Å². The first-order valence-corrected chi connectivity index (χ1v) is 6.81. The van der Waals surface area contributed by atoms with E-state index in [1.165, 1.54) is 0 Å². The van der Waals surface area contributed by atoms with E-state index >= 15 is 0 Å². The van der Waals surface area contributed by atoms with Crippen LogP contribution in [0.5, 0.6) is 0 Å². The molecule has 102 valence electrons. The van der Waals surface area contributed by atoms with Crippen LogP contribution in [0.4, 0.5) is 0 Å². The summed E-state index contributed by atoms with van der Waals surface area (Å²) in [7, 11) is 0. The summed E-state index contributed by atoms with van der Waals surface area (Å²) in [6.45, 7) is 1.88. The zero-order valence-electron chi connectivity index (χ0n) is 11.7. The van der Waals surface area contributed by atoms with Gasteiger partial charge >= 0.3 is 0 Å². The van der Waals surface area contributed by atoms with Crippen molar-refractivity contribution < 1.29 is 9.21 Å². The molecule has 0 atom stereocenters. The minimum absolute atomic E-state index is 0.103. The van der Waals surface area contributed by atoms with Gasteiger partial charge in [0.1, 0.15) is 11.3 Å². The van der Waals surface area contributed by atoms with Crippen molar-refractivity contribution in [3.8, 4) is 11.8 Å². The molecule has 0 bridgehead atoms. The number of furan rings is 1. The first-order chi connectivity index (χ1) is 10.2. The molecule has 2 aromatic carbocycles. The van der Waals surface area contributed by atoms with Gasteiger partial charge in [-0.05, 0) is 31.0 Å². The average Bonchev–Trinajstić information content (AvgIpc) is 2.82. The maximum atomic E-state index is 12.1. The van der Waals surface area contributed by atoms with E-state index in [-0.39, 0.29) is 12.2 Å². The maximum absolute atomic E-state index is 12.1. The number of carbonyl (C=O) groups is 1. The van der Waals surface area contributed by atoms with Crippen molar-refractivity contribution in [1.82, 2.24) is 0 Å². The topological polar surface area (TPSA) is 30.2 Å². The molecule has 0 fully saturated rings. The van der Waals surface area contributed by atoms with Crippen LogP contribution in [-0.2, 0) is 11.2 Å². The minimum atomic E-state index is -0.103. The molecule has 0 amide bonds. The number of para-hydroxylation sites is 1. The fourth-order valence-corrected chi connectivity index (χ4v) is 2.31. The lowest BCUT2D eigenvalue weighted by atomic mass is 10.1. The number of carbonyl (C=O) groups excluding carboxylic acids is 1. The van der Waals surface area contributed by atoms with E-state index in [4.69, 9.17) is 4.42 Å². The molecule has 21 heavy (non-hydrogen) atoms. The minimum Gasteiger partial charge on any atom is -0.461 e. The Labute approximate surface area is 123 Å². The first kappa shape index (κ1) is 13.2. The lowest BCUT2D eigenvalue weighted by Gasteiger charge is -1.94. The van der Waals surface area contributed by atoms with Crippen molar-refractivity contribution in [2.45, 2.75) is 13.3 Å². The second-order valence-electron chi connectivity index (χ2n) is 4.85. The zero-order chi connectivity index (χ0) is 14.7. The molecule has 1 aromatic heterocycles. The van der Waals surface area contributed by atoms with E-state index in [0.717, 1.165) is 27.9 Å². The van der Waals surface area contributed by atoms with E-state index in [1.54, 1.807) is 0 Å². The van der Waals surface area contributed by atoms with Crippen LogP contribution >= 0.6 is 0 Å². The molecule has 0 aliphatic rings. The van der Waals surface area contributed by atoms with Crippen molar-refractivity contribution in [3.05, 3.63) is 71.5 Å². The summed E-state index contributed by atoms with van der Waals surface area (Å²) in [5, 5.41) is 0.991. The lowest BCUT2D eigenvalue weighted by molar-refractivity contribution is -0.113. The van der Waals surface area contributed by atoms with Crippen molar-refractivity contribution >= 4 is 16.8 Å². The molecule has 0 aliphatic heterocycles. The van der Waals surface area contributed by atoms with E-state index < -0.39 is 0 Å². The van der Waals surface area contributed by atoms with Crippen LogP contribution < -0.4 is 0 Å². The summed E-state index contributed by atoms with van der Waals surface area (Å²) in [6, 6.07) is 17.3. The molecule has 0 N–H and O–H groups in total. The van der Waals surface area contributed by atoms with Crippen LogP contribution in [0.25, 0.3) is 11.0 Å². The van der Waals surface area contributed by atoms with Gasteiger partial charge in [0.25, 0.3) is 0 Å². The van der Waals surface area contributed by atoms with Crippen LogP contribution in [-0.4, -0.2) is 5.78 Å². The Morgan fingerprint density at radius 2 is 1.76 bits per heavy atom. The fourth-order valence-electron chi connectivity index (χ4n) is 2.31. The van der Waals surface area contributed by atoms with Gasteiger partial charge in [-0.2, -0.15) is 0 Å². The maximum Gasteiger partial charge on any atom is 0.210 e. The quantitative estimate of drug-likeness (QED) is 0.663. The van der Waals surface area contributed by atoms with Crippen molar-refractivity contribution in [2.75, 3.05) is 0 Å². The predicted molar refractivity (Wildman–Crippen MR) is 83.0 cm³/mol. The third-order valence-electron chi connectivity index (χ3n) is 3.36. The van der Waals surface area contributed by atoms with Gasteiger partial charge in [-0.3, -0.25) is 4.79 Å². The van der Waals surface area contributed by atoms with Gasteiger partial charge < -0.3 is 4.42 Å². The Morgan fingerprint density at radius 3 is 2.57 bits per heavy atom. The molecule has 0 aliphatic carbocycles. The third-order valence-corrected chi connectivity index (χ3v) is 3.36. The summed E-state index contributed by atoms with van der Waals surface area (Å²) in [6.07, 6.45) is 0.280. The molecule has 3 aromatic rings. The monoisotopic (exact) mass is 274 g/mol. The number of hydrogen-bond donors (Lipinski definition) is 0. The molecule has 0 radical (unpaired) electrons. The number of Topliss-reactive ketones (excluding diaryl/α,β-unsaturated/α-hetero) is 1. The smallest absolute Gasteiger partial charge is 0.210 e. The van der Waals surface area contributed by atoms with Gasteiger partial charge in [-0.15, -0.1) is 0 Å². The molecule has 2 nitrogen and oxygen atoms in total. The summed E-state index contributed by atoms with van der Waals surface area (Å²) < 4.78 is 5.66. The number of hydrogen-bond acceptors (Lipinski definition) is 2. The lowest BCUT2D eigenvalue weighted by Crippen LogP contribution is -1.99. The molecule has 2 heteroatoms. The molecular formula is C19H14O2. The SMILES string of the molecule is Cc1oc2ccccc2c1CC(=O)C#Cc1ccccc1. The normalized spacial score (nSPS) is 10.1. The zero-order valence-corrected chi connectivity index (χ0v) is 11.7. The van der Waals surface area contributed by atoms with Gasteiger partial charge in [0, 0.05) is 22.9 Å². The van der Waals surface area contributed by atoms with E-state index in [9.17, 15) is 4.79 Å². The van der Waals surface area contributed by atoms with Gasteiger partial charge in [-0.1, -0.05) is 42.3 Å². The van der Waals surface area contributed by atoms with Gasteiger partial charge in [0.05, 0.1) is 0 Å². The average molecular weight is 274 g/mol. The standard InChI is InChI=1S/C19H14O2/c1-14-18(17-9-5-6-10-19(17)21-14)13-16(20)12-11-15-7-3-2-4-8-15/h2-10H,13H2,1H3. The first-order valence-electron chi connectivity index (χ1n) is 6.81. The molecule has 3 rings (SSSR count). The number of aryl methyl sites for hydroxylation is 1. The summed E-state index contributed by atoms with van der Waals surface area (Å²) in [4.78, 5) is 12.1. The Morgan fingerprint density at radius 1 is 1.05 bits per heavy atom. The molecule has 0 saturated carbocycles. The Balaban J connectivity index is 1.84. The number of rotatable bonds is 2. The molecule has 0 spiro atoms. The summed E-state index contributed by atoms with van der Waals surface area (Å²) in [5.74, 6) is 6.27. The molecular weight excluding hydrogens is 260 g/mol. The Hall–Kier alpha value is -2.79. The van der Waals surface area contributed by atoms with Crippen LogP contribution in [0, 0.1) is 18.8 Å². The van der Waals surface area contributed by atoms with Gasteiger partial charge in [0.2, 0.25) is 5.78 Å². The summed E-state index contributed by atoms with van der Waals surface area (Å²) >= 11 is 0. The highest BCUT2D eigenvalue weighted by Gasteiger charge is 2.12. The van der Waals surface area contributed by atoms with Crippen LogP contribution in [0.1, 0.15) is 16.9 Å². The van der Waals surface area contributed by atoms with Crippen LogP contribution in [0.3, 0.4) is 0 Å². The molecule has 0 unspecified atom stereocenters. The second kappa shape index (κ2) is 5.68. The van der Waals surface area contributed by atoms with Gasteiger partial charge in [-0.25, -0.2) is 0 Å². The highest BCUT2D eigenvalue weighted by molar-refractivity contribution is 6.00. The second-order valence-corrected chi connectivity index (χ2v) is 4.85. The Bertz CT molecular complexity index is 845. The van der Waals surface area contributed by atoms with Crippen molar-refractivity contribution in [3.63, 3.8) is 0 Å². The van der Waals surface area contributed by atoms with Crippen molar-refractivity contribution in [1.29, 1.82) is 0 Å². The summed E-state index contributed by atoms with van der Waals surface area (Å²) in [5.41, 5.74) is 2.59. The fraction of sp³-hybridized carbons (Fsp3) is 0.105. The van der Waals surface area contributed by atoms with E-state index in [0.29, 0.717) is 0 Å². The van der Waals surface area contributed by atoms with Crippen LogP contribution in [0.2, 0.25) is 0 Å². The third kappa shape index (κ3) is 2.88. The number of ketones is 1. The highest BCUT2D eigenvalue weighted by atomic mass is 16.3. The van der Waals surface area contributed by atoms with Gasteiger partial charge in [0.15, 0.2) is 0 Å². The number of benzene rings is 2. The molecule has 0 saturated heterocycles. The van der Waals surface area contributed by atoms with E-state index in [1.807, 2.05) is 61.5 Å². The predicted octanol–water partition coefficient (Wildman–Crippen LogP) is 3.90. The number of fused-ring (bicyclic) bond motifs is 1. The van der Waals surface area contributed by atoms with Crippen LogP contribution in [0.15, 0.2) is 59.0 Å². The van der Waals surface area contributed by atoms with Crippen molar-refractivity contribution in [2.24, 2.45) is 0 Å². The largest absolute Gasteiger partial charge is 0.461 e. The highest BCUT2D eigenvalue weighted by Crippen LogP contribution is 2.25. The molecule has 1 heterocycles.